The van der Waals surface area contributed by atoms with Gasteiger partial charge in [0.2, 0.25) is 11.1 Å². The molecule has 4 rings (SSSR count). The topological polar surface area (TPSA) is 232 Å². The van der Waals surface area contributed by atoms with Gasteiger partial charge in [-0.15, -0.1) is 16.9 Å². The van der Waals surface area contributed by atoms with Crippen molar-refractivity contribution in [3.05, 3.63) is 46.7 Å². The molecule has 3 atom stereocenters. The van der Waals surface area contributed by atoms with Gasteiger partial charge in [0.15, 0.2) is 0 Å². The average Bonchev–Trinajstić information content (AvgIpc) is 3.36. The number of primary amides is 1. The zero-order valence-electron chi connectivity index (χ0n) is 19.8. The first-order valence-electron chi connectivity index (χ1n) is 11.3. The minimum Gasteiger partial charge on any atom is -0.477 e. The summed E-state index contributed by atoms with van der Waals surface area (Å²) in [7, 11) is 0. The van der Waals surface area contributed by atoms with Gasteiger partial charge in [0, 0.05) is 18.1 Å². The minimum atomic E-state index is -1.25. The van der Waals surface area contributed by atoms with Gasteiger partial charge in [-0.25, -0.2) is 14.3 Å². The second-order valence-electron chi connectivity index (χ2n) is 8.30. The molecule has 2 aromatic rings. The van der Waals surface area contributed by atoms with E-state index in [1.807, 2.05) is 0 Å². The summed E-state index contributed by atoms with van der Waals surface area (Å²) in [5, 5.41) is 35.3. The zero-order valence-corrected chi connectivity index (χ0v) is 21.4. The number of nitrogens with two attached hydrogens (primary N) is 2. The highest BCUT2D eigenvalue weighted by Gasteiger charge is 2.54. The third-order valence-corrected chi connectivity index (χ3v) is 8.23. The maximum Gasteiger partial charge on any atom is 0.352 e. The Kier molecular flexibility index (Phi) is 8.50. The number of amides is 4. The maximum absolute atomic E-state index is 12.9. The fourth-order valence-corrected chi connectivity index (χ4v) is 6.28. The number of carbonyl (C=O) groups excluding carboxylic acids is 3. The molecule has 2 unspecified atom stereocenters. The number of aliphatic carboxylic acids is 1. The number of aliphatic hydroxyl groups is 1. The number of hydrogen-bond donors (Lipinski definition) is 6. The number of carboxylic acids is 1. The highest BCUT2D eigenvalue weighted by Crippen LogP contribution is 2.41. The van der Waals surface area contributed by atoms with Gasteiger partial charge >= 0.3 is 12.0 Å². The number of urea groups is 1. The molecule has 0 bridgehead atoms. The molecular formula is C21H25N9O6S2. The molecule has 0 spiro atoms. The van der Waals surface area contributed by atoms with Crippen LogP contribution in [-0.2, 0) is 27.5 Å². The van der Waals surface area contributed by atoms with Crippen LogP contribution >= 0.6 is 23.5 Å². The van der Waals surface area contributed by atoms with E-state index in [-0.39, 0.29) is 31.1 Å². The predicted octanol–water partition coefficient (Wildman–Crippen LogP) is -1.64. The van der Waals surface area contributed by atoms with E-state index in [4.69, 9.17) is 16.6 Å². The first kappa shape index (κ1) is 27.4. The summed E-state index contributed by atoms with van der Waals surface area (Å²) in [5.74, 6) is -1.84. The van der Waals surface area contributed by atoms with Crippen LogP contribution < -0.4 is 22.1 Å². The van der Waals surface area contributed by atoms with Gasteiger partial charge in [-0.1, -0.05) is 36.0 Å². The van der Waals surface area contributed by atoms with Crippen LogP contribution in [0.5, 0.6) is 0 Å². The smallest absolute Gasteiger partial charge is 0.352 e. The first-order valence-corrected chi connectivity index (χ1v) is 13.3. The van der Waals surface area contributed by atoms with E-state index in [1.165, 1.54) is 33.1 Å². The van der Waals surface area contributed by atoms with E-state index in [0.29, 0.717) is 27.6 Å². The summed E-state index contributed by atoms with van der Waals surface area (Å²) >= 11 is 2.53. The summed E-state index contributed by atoms with van der Waals surface area (Å²) in [4.78, 5) is 49.8. The van der Waals surface area contributed by atoms with Crippen molar-refractivity contribution in [3.8, 4) is 0 Å². The van der Waals surface area contributed by atoms with Crippen LogP contribution in [0.15, 0.2) is 40.7 Å². The van der Waals surface area contributed by atoms with E-state index >= 15 is 0 Å². The van der Waals surface area contributed by atoms with Crippen molar-refractivity contribution in [2.45, 2.75) is 35.8 Å². The van der Waals surface area contributed by atoms with Crippen LogP contribution in [0.4, 0.5) is 4.79 Å². The number of nitrogens with zero attached hydrogens (tertiary/aromatic N) is 5. The molecule has 202 valence electrons. The Morgan fingerprint density at radius 2 is 2.00 bits per heavy atom. The van der Waals surface area contributed by atoms with Crippen molar-refractivity contribution in [2.75, 3.05) is 18.1 Å². The van der Waals surface area contributed by atoms with Crippen molar-refractivity contribution in [1.29, 1.82) is 0 Å². The molecule has 17 heteroatoms. The standard InChI is InChI=1S/C21H25N9O6S2/c22-13(11-3-1-10(7-31)2-4-11)16(32)25-14-17(33)30-15(19(34)35)12(8-37-18(14)30)9-38-21-26-27-28-29(21)6-5-24-20(23)36/h1-4,13-14,18,31H,5-9,22H2,(H,25,32)(H,34,35)(H3,23,24,36)/t13?,14?,18-/m1/s1. The number of rotatable bonds is 11. The molecule has 1 saturated heterocycles. The van der Waals surface area contributed by atoms with Crippen molar-refractivity contribution in [2.24, 2.45) is 11.5 Å². The Morgan fingerprint density at radius 1 is 1.26 bits per heavy atom. The molecule has 1 aromatic carbocycles. The van der Waals surface area contributed by atoms with Crippen molar-refractivity contribution < 1.29 is 29.4 Å². The molecule has 0 radical (unpaired) electrons. The summed E-state index contributed by atoms with van der Waals surface area (Å²) in [6, 6.07) is 3.92. The molecule has 0 aliphatic carbocycles. The number of nitrogens with one attached hydrogen (secondary N) is 2. The number of benzene rings is 1. The fourth-order valence-electron chi connectivity index (χ4n) is 3.90. The van der Waals surface area contributed by atoms with Gasteiger partial charge in [0.25, 0.3) is 5.91 Å². The van der Waals surface area contributed by atoms with Crippen molar-refractivity contribution >= 4 is 47.3 Å². The van der Waals surface area contributed by atoms with Crippen LogP contribution in [-0.4, -0.2) is 88.6 Å². The van der Waals surface area contributed by atoms with Crippen LogP contribution in [0.3, 0.4) is 0 Å². The molecule has 15 nitrogen and oxygen atoms in total. The summed E-state index contributed by atoms with van der Waals surface area (Å²) in [5.41, 5.74) is 12.7. The minimum absolute atomic E-state index is 0.130. The summed E-state index contributed by atoms with van der Waals surface area (Å²) in [6.45, 7) is 0.333. The van der Waals surface area contributed by atoms with Crippen LogP contribution in [0.1, 0.15) is 17.2 Å². The average molecular weight is 564 g/mol. The van der Waals surface area contributed by atoms with Crippen LogP contribution in [0.2, 0.25) is 0 Å². The third-order valence-electron chi connectivity index (χ3n) is 5.85. The largest absolute Gasteiger partial charge is 0.477 e. The third kappa shape index (κ3) is 5.74. The molecule has 3 heterocycles. The number of carbonyl (C=O) groups is 4. The number of carboxylic acid groups (broad SMARTS) is 1. The number of fused-ring (bicyclic) bond motifs is 1. The van der Waals surface area contributed by atoms with Crippen molar-refractivity contribution in [1.82, 2.24) is 35.7 Å². The number of thioether (sulfide) groups is 2. The Bertz CT molecular complexity index is 1270. The number of β-lactam (4-membered cyclic amide) rings is 1. The van der Waals surface area contributed by atoms with E-state index < -0.39 is 41.3 Å². The highest BCUT2D eigenvalue weighted by atomic mass is 32.2. The summed E-state index contributed by atoms with van der Waals surface area (Å²) < 4.78 is 1.45. The maximum atomic E-state index is 12.9. The van der Waals surface area contributed by atoms with E-state index in [1.54, 1.807) is 24.3 Å². The summed E-state index contributed by atoms with van der Waals surface area (Å²) in [6.07, 6.45) is 0. The molecule has 1 fully saturated rings. The molecule has 0 saturated carbocycles. The van der Waals surface area contributed by atoms with Crippen molar-refractivity contribution in [3.63, 3.8) is 0 Å². The Labute approximate surface area is 224 Å². The van der Waals surface area contributed by atoms with E-state index in [0.717, 1.165) is 0 Å². The van der Waals surface area contributed by atoms with Gasteiger partial charge < -0.3 is 32.3 Å². The Morgan fingerprint density at radius 3 is 2.66 bits per heavy atom. The Balaban J connectivity index is 1.40. The number of aliphatic hydroxyl groups excluding tert-OH is 1. The lowest BCUT2D eigenvalue weighted by Crippen LogP contribution is -2.71. The van der Waals surface area contributed by atoms with Crippen LogP contribution in [0.25, 0.3) is 0 Å². The monoisotopic (exact) mass is 563 g/mol. The van der Waals surface area contributed by atoms with E-state index in [9.17, 15) is 24.3 Å². The van der Waals surface area contributed by atoms with Gasteiger partial charge in [0.05, 0.1) is 13.2 Å². The molecule has 4 amide bonds. The van der Waals surface area contributed by atoms with Crippen LogP contribution in [0, 0.1) is 0 Å². The number of aromatic nitrogens is 4. The molecular weight excluding hydrogens is 538 g/mol. The normalized spacial score (nSPS) is 19.4. The lowest BCUT2D eigenvalue weighted by molar-refractivity contribution is -0.150. The number of hydrogen-bond acceptors (Lipinski definition) is 11. The molecule has 8 N–H and O–H groups in total. The van der Waals surface area contributed by atoms with Gasteiger partial charge in [-0.3, -0.25) is 14.5 Å². The highest BCUT2D eigenvalue weighted by molar-refractivity contribution is 8.01. The second kappa shape index (κ2) is 11.8. The predicted molar refractivity (Wildman–Crippen MR) is 135 cm³/mol. The van der Waals surface area contributed by atoms with Gasteiger partial charge in [0.1, 0.15) is 23.2 Å². The lowest BCUT2D eigenvalue weighted by Gasteiger charge is -2.49. The molecule has 2 aliphatic rings. The second-order valence-corrected chi connectivity index (χ2v) is 10.3. The van der Waals surface area contributed by atoms with Gasteiger partial charge in [-0.05, 0) is 27.1 Å². The molecule has 1 aromatic heterocycles. The zero-order chi connectivity index (χ0) is 27.4. The Hall–Kier alpha value is -3.67. The molecule has 2 aliphatic heterocycles. The first-order chi connectivity index (χ1) is 18.2. The van der Waals surface area contributed by atoms with E-state index in [2.05, 4.69) is 26.2 Å². The fraction of sp³-hybridized carbons (Fsp3) is 0.381. The lowest BCUT2D eigenvalue weighted by atomic mass is 10.0. The SMILES string of the molecule is NC(=O)NCCn1nnnc1SCC1=C(C(=O)O)N2C(=O)C(NC(=O)C(N)c3ccc(CO)cc3)[C@H]2SC1. The quantitative estimate of drug-likeness (QED) is 0.134. The molecule has 38 heavy (non-hydrogen) atoms. The number of tetrazole rings is 1. The van der Waals surface area contributed by atoms with Gasteiger partial charge in [-0.2, -0.15) is 0 Å².